The predicted octanol–water partition coefficient (Wildman–Crippen LogP) is 3.10. The number of halogens is 1. The number of amides is 2. The molecule has 0 aromatic heterocycles. The first-order valence-corrected chi connectivity index (χ1v) is 7.90. The summed E-state index contributed by atoms with van der Waals surface area (Å²) in [7, 11) is 1.74. The number of rotatable bonds is 4. The molecule has 5 nitrogen and oxygen atoms in total. The molecule has 2 aromatic rings. The number of fused-ring (bicyclic) bond motifs is 1. The molecule has 0 bridgehead atoms. The Morgan fingerprint density at radius 1 is 1.24 bits per heavy atom. The molecule has 0 radical (unpaired) electrons. The lowest BCUT2D eigenvalue weighted by atomic mass is 9.86. The van der Waals surface area contributed by atoms with Crippen molar-refractivity contribution in [2.45, 2.75) is 19.3 Å². The third-order valence-electron chi connectivity index (χ3n) is 4.32. The summed E-state index contributed by atoms with van der Waals surface area (Å²) in [6.45, 7) is 3.48. The Morgan fingerprint density at radius 3 is 2.72 bits per heavy atom. The van der Waals surface area contributed by atoms with E-state index in [9.17, 15) is 14.0 Å². The summed E-state index contributed by atoms with van der Waals surface area (Å²) in [5.74, 6) is -0.481. The van der Waals surface area contributed by atoms with Crippen molar-refractivity contribution in [2.75, 3.05) is 23.9 Å². The fraction of sp³-hybridized carbons (Fsp3) is 0.263. The number of benzene rings is 2. The lowest BCUT2D eigenvalue weighted by Crippen LogP contribution is -2.33. The number of nitrogens with one attached hydrogen (secondary N) is 1. The average Bonchev–Trinajstić information content (AvgIpc) is 2.74. The molecule has 0 atom stereocenters. The van der Waals surface area contributed by atoms with E-state index in [1.807, 2.05) is 19.9 Å². The number of hydrogen-bond donors (Lipinski definition) is 1. The largest absolute Gasteiger partial charge is 0.484 e. The van der Waals surface area contributed by atoms with Gasteiger partial charge in [0.1, 0.15) is 11.6 Å². The maximum atomic E-state index is 13.1. The maximum absolute atomic E-state index is 13.1. The van der Waals surface area contributed by atoms with Gasteiger partial charge >= 0.3 is 0 Å². The summed E-state index contributed by atoms with van der Waals surface area (Å²) in [5.41, 5.74) is 1.65. The molecule has 0 saturated heterocycles. The lowest BCUT2D eigenvalue weighted by Gasteiger charge is -2.17. The Bertz CT molecular complexity index is 848. The van der Waals surface area contributed by atoms with Crippen LogP contribution in [0.1, 0.15) is 19.4 Å². The Hall–Kier alpha value is -2.89. The molecule has 1 heterocycles. The monoisotopic (exact) mass is 342 g/mol. The highest BCUT2D eigenvalue weighted by Gasteiger charge is 2.42. The summed E-state index contributed by atoms with van der Waals surface area (Å²) >= 11 is 0. The molecule has 0 aliphatic carbocycles. The highest BCUT2D eigenvalue weighted by Crippen LogP contribution is 2.41. The van der Waals surface area contributed by atoms with E-state index in [1.165, 1.54) is 18.2 Å². The molecule has 0 spiro atoms. The van der Waals surface area contributed by atoms with Crippen molar-refractivity contribution in [1.29, 1.82) is 0 Å². The SMILES string of the molecule is CN1C(=O)C(C)(C)c2cc(NC(=O)COc3cccc(F)c3)ccc21. The second kappa shape index (κ2) is 6.20. The molecule has 1 aliphatic rings. The van der Waals surface area contributed by atoms with Gasteiger partial charge in [0.15, 0.2) is 6.61 Å². The summed E-state index contributed by atoms with van der Waals surface area (Å²) in [5, 5.41) is 2.74. The van der Waals surface area contributed by atoms with Crippen LogP contribution in [0.15, 0.2) is 42.5 Å². The molecule has 0 unspecified atom stereocenters. The molecule has 0 fully saturated rings. The van der Waals surface area contributed by atoms with Crippen LogP contribution in [0.3, 0.4) is 0 Å². The Morgan fingerprint density at radius 2 is 2.00 bits per heavy atom. The van der Waals surface area contributed by atoms with Gasteiger partial charge < -0.3 is 15.0 Å². The van der Waals surface area contributed by atoms with E-state index in [-0.39, 0.29) is 24.2 Å². The molecular weight excluding hydrogens is 323 g/mol. The van der Waals surface area contributed by atoms with Crippen LogP contribution in [-0.4, -0.2) is 25.5 Å². The second-order valence-corrected chi connectivity index (χ2v) is 6.52. The van der Waals surface area contributed by atoms with Crippen LogP contribution in [-0.2, 0) is 15.0 Å². The van der Waals surface area contributed by atoms with Gasteiger partial charge in [-0.1, -0.05) is 6.07 Å². The molecule has 0 saturated carbocycles. The minimum absolute atomic E-state index is 0.0143. The zero-order valence-corrected chi connectivity index (χ0v) is 14.3. The first kappa shape index (κ1) is 17.0. The van der Waals surface area contributed by atoms with Crippen LogP contribution < -0.4 is 15.0 Å². The zero-order valence-electron chi connectivity index (χ0n) is 14.3. The molecular formula is C19H19FN2O3. The van der Waals surface area contributed by atoms with Crippen molar-refractivity contribution < 1.29 is 18.7 Å². The van der Waals surface area contributed by atoms with Crippen molar-refractivity contribution in [1.82, 2.24) is 0 Å². The van der Waals surface area contributed by atoms with Gasteiger partial charge in [0.2, 0.25) is 5.91 Å². The normalized spacial score (nSPS) is 15.0. The van der Waals surface area contributed by atoms with Crippen molar-refractivity contribution in [3.05, 3.63) is 53.8 Å². The van der Waals surface area contributed by atoms with E-state index in [2.05, 4.69) is 5.32 Å². The first-order chi connectivity index (χ1) is 11.8. The van der Waals surface area contributed by atoms with E-state index >= 15 is 0 Å². The molecule has 6 heteroatoms. The molecule has 3 rings (SSSR count). The van der Waals surface area contributed by atoms with Crippen molar-refractivity contribution in [3.8, 4) is 5.75 Å². The Kier molecular flexibility index (Phi) is 4.20. The van der Waals surface area contributed by atoms with Gasteiger partial charge in [-0.05, 0) is 49.7 Å². The van der Waals surface area contributed by atoms with Gasteiger partial charge in [0.05, 0.1) is 5.41 Å². The summed E-state index contributed by atoms with van der Waals surface area (Å²) < 4.78 is 18.4. The molecule has 25 heavy (non-hydrogen) atoms. The summed E-state index contributed by atoms with van der Waals surface area (Å²) in [6.07, 6.45) is 0. The number of anilines is 2. The predicted molar refractivity (Wildman–Crippen MR) is 93.4 cm³/mol. The fourth-order valence-corrected chi connectivity index (χ4v) is 2.95. The van der Waals surface area contributed by atoms with Gasteiger partial charge in [0, 0.05) is 24.5 Å². The van der Waals surface area contributed by atoms with Gasteiger partial charge in [-0.3, -0.25) is 9.59 Å². The van der Waals surface area contributed by atoms with E-state index < -0.39 is 11.2 Å². The van der Waals surface area contributed by atoms with E-state index in [1.54, 1.807) is 30.1 Å². The molecule has 130 valence electrons. The average molecular weight is 342 g/mol. The number of nitrogens with zero attached hydrogens (tertiary/aromatic N) is 1. The fourth-order valence-electron chi connectivity index (χ4n) is 2.95. The van der Waals surface area contributed by atoms with Crippen LogP contribution in [0.5, 0.6) is 5.75 Å². The zero-order chi connectivity index (χ0) is 18.2. The third kappa shape index (κ3) is 3.20. The van der Waals surface area contributed by atoms with Crippen molar-refractivity contribution in [2.24, 2.45) is 0 Å². The highest BCUT2D eigenvalue weighted by atomic mass is 19.1. The smallest absolute Gasteiger partial charge is 0.262 e. The van der Waals surface area contributed by atoms with Crippen LogP contribution >= 0.6 is 0 Å². The lowest BCUT2D eigenvalue weighted by molar-refractivity contribution is -0.121. The molecule has 1 aliphatic heterocycles. The number of ether oxygens (including phenoxy) is 1. The Balaban J connectivity index is 1.69. The first-order valence-electron chi connectivity index (χ1n) is 7.90. The van der Waals surface area contributed by atoms with Crippen LogP contribution in [0.2, 0.25) is 0 Å². The molecule has 2 aromatic carbocycles. The minimum atomic E-state index is -0.636. The molecule has 1 N–H and O–H groups in total. The van der Waals surface area contributed by atoms with E-state index in [0.717, 1.165) is 11.3 Å². The second-order valence-electron chi connectivity index (χ2n) is 6.52. The van der Waals surface area contributed by atoms with E-state index in [0.29, 0.717) is 5.69 Å². The third-order valence-corrected chi connectivity index (χ3v) is 4.32. The number of carbonyl (C=O) groups excluding carboxylic acids is 2. The van der Waals surface area contributed by atoms with Gasteiger partial charge in [-0.2, -0.15) is 0 Å². The van der Waals surface area contributed by atoms with Crippen molar-refractivity contribution >= 4 is 23.2 Å². The van der Waals surface area contributed by atoms with E-state index in [4.69, 9.17) is 4.74 Å². The highest BCUT2D eigenvalue weighted by molar-refractivity contribution is 6.07. The molecule has 2 amide bonds. The van der Waals surface area contributed by atoms with Crippen LogP contribution in [0.25, 0.3) is 0 Å². The van der Waals surface area contributed by atoms with Crippen LogP contribution in [0.4, 0.5) is 15.8 Å². The van der Waals surface area contributed by atoms with Gasteiger partial charge in [-0.15, -0.1) is 0 Å². The number of likely N-dealkylation sites (N-methyl/N-ethyl adjacent to an activating group) is 1. The number of hydrogen-bond acceptors (Lipinski definition) is 3. The summed E-state index contributed by atoms with van der Waals surface area (Å²) in [6, 6.07) is 11.0. The summed E-state index contributed by atoms with van der Waals surface area (Å²) in [4.78, 5) is 26.0. The minimum Gasteiger partial charge on any atom is -0.484 e. The van der Waals surface area contributed by atoms with Gasteiger partial charge in [0.25, 0.3) is 5.91 Å². The standard InChI is InChI=1S/C19H19FN2O3/c1-19(2)15-10-13(7-8-16(15)22(3)18(19)24)21-17(23)11-25-14-6-4-5-12(20)9-14/h4-10H,11H2,1-3H3,(H,21,23). The van der Waals surface area contributed by atoms with Crippen molar-refractivity contribution in [3.63, 3.8) is 0 Å². The number of carbonyl (C=O) groups is 2. The van der Waals surface area contributed by atoms with Gasteiger partial charge in [-0.25, -0.2) is 4.39 Å². The quantitative estimate of drug-likeness (QED) is 0.929. The topological polar surface area (TPSA) is 58.6 Å². The maximum Gasteiger partial charge on any atom is 0.262 e. The van der Waals surface area contributed by atoms with Crippen LogP contribution in [0, 0.1) is 5.82 Å². The Labute approximate surface area is 145 Å².